The molecule has 0 saturated carbocycles. The van der Waals surface area contributed by atoms with Gasteiger partial charge < -0.3 is 9.47 Å². The van der Waals surface area contributed by atoms with Crippen LogP contribution in [0.4, 0.5) is 0 Å². The van der Waals surface area contributed by atoms with Gasteiger partial charge in [-0.2, -0.15) is 0 Å². The van der Waals surface area contributed by atoms with Crippen LogP contribution in [0.1, 0.15) is 20.3 Å². The fourth-order valence-electron chi connectivity index (χ4n) is 0.704. The minimum atomic E-state index is -1.41. The number of hydrogen-bond donors (Lipinski definition) is 0. The first-order chi connectivity index (χ1) is 6.02. The Labute approximate surface area is 76.0 Å². The molecule has 0 rings (SSSR count). The summed E-state index contributed by atoms with van der Waals surface area (Å²) in [5.74, 6) is -2.00. The second-order valence-corrected chi connectivity index (χ2v) is 2.33. The zero-order chi connectivity index (χ0) is 10.4. The molecule has 0 aliphatic heterocycles. The summed E-state index contributed by atoms with van der Waals surface area (Å²) in [6.07, 6.45) is -1.29. The number of ketones is 1. The van der Waals surface area contributed by atoms with Crippen LogP contribution in [-0.2, 0) is 23.9 Å². The normalized spacial score (nSPS) is 11.6. The van der Waals surface area contributed by atoms with Crippen LogP contribution in [-0.4, -0.2) is 30.9 Å². The van der Waals surface area contributed by atoms with E-state index in [1.165, 1.54) is 0 Å². The molecule has 0 N–H and O–H groups in total. The number of carbonyl (C=O) groups excluding carboxylic acids is 3. The molecule has 13 heavy (non-hydrogen) atoms. The lowest BCUT2D eigenvalue weighted by Crippen LogP contribution is -2.35. The average Bonchev–Trinajstić information content (AvgIpc) is 2.11. The zero-order valence-electron chi connectivity index (χ0n) is 7.83. The van der Waals surface area contributed by atoms with Crippen molar-refractivity contribution >= 4 is 17.7 Å². The molecule has 0 aromatic carbocycles. The Bertz CT molecular complexity index is 205. The molecule has 0 spiro atoms. The summed E-state index contributed by atoms with van der Waals surface area (Å²) in [4.78, 5) is 32.5. The largest absolute Gasteiger partial charge is 0.466 e. The highest BCUT2D eigenvalue weighted by atomic mass is 16.6. The van der Waals surface area contributed by atoms with Gasteiger partial charge in [0.05, 0.1) is 7.11 Å². The molecule has 0 bridgehead atoms. The van der Waals surface area contributed by atoms with Crippen molar-refractivity contribution in [2.45, 2.75) is 26.4 Å². The Morgan fingerprint density at radius 3 is 2.15 bits per heavy atom. The molecule has 0 fully saturated rings. The van der Waals surface area contributed by atoms with Crippen LogP contribution in [0.15, 0.2) is 0 Å². The summed E-state index contributed by atoms with van der Waals surface area (Å²) in [5.41, 5.74) is 0. The molecule has 5 nitrogen and oxygen atoms in total. The molecule has 0 heterocycles. The molecule has 0 amide bonds. The van der Waals surface area contributed by atoms with E-state index in [2.05, 4.69) is 9.47 Å². The van der Waals surface area contributed by atoms with E-state index in [9.17, 15) is 14.4 Å². The fourth-order valence-corrected chi connectivity index (χ4v) is 0.704. The molecule has 0 aliphatic carbocycles. The van der Waals surface area contributed by atoms with E-state index < -0.39 is 23.8 Å². The van der Waals surface area contributed by atoms with Gasteiger partial charge in [-0.15, -0.1) is 0 Å². The molecule has 0 radical (unpaired) electrons. The molecule has 5 heteroatoms. The zero-order valence-corrected chi connectivity index (χ0v) is 7.83. The van der Waals surface area contributed by atoms with Gasteiger partial charge in [0.2, 0.25) is 0 Å². The number of ether oxygens (including phenoxy) is 2. The number of rotatable bonds is 4. The molecule has 0 aromatic rings. The van der Waals surface area contributed by atoms with Gasteiger partial charge in [-0.1, -0.05) is 6.92 Å². The van der Waals surface area contributed by atoms with Crippen LogP contribution in [0.2, 0.25) is 0 Å². The van der Waals surface area contributed by atoms with Gasteiger partial charge in [0, 0.05) is 13.3 Å². The summed E-state index contributed by atoms with van der Waals surface area (Å²) in [7, 11) is 1.13. The Hall–Kier alpha value is -1.39. The highest BCUT2D eigenvalue weighted by Gasteiger charge is 2.28. The van der Waals surface area contributed by atoms with E-state index in [4.69, 9.17) is 0 Å². The van der Waals surface area contributed by atoms with Gasteiger partial charge in [0.25, 0.3) is 6.10 Å². The maximum atomic E-state index is 11.1. The minimum absolute atomic E-state index is 0.118. The lowest BCUT2D eigenvalue weighted by atomic mass is 10.2. The van der Waals surface area contributed by atoms with E-state index in [1.807, 2.05) is 0 Å². The van der Waals surface area contributed by atoms with Crippen LogP contribution in [0, 0.1) is 0 Å². The molecular weight excluding hydrogens is 176 g/mol. The van der Waals surface area contributed by atoms with Crippen LogP contribution in [0.3, 0.4) is 0 Å². The van der Waals surface area contributed by atoms with Crippen molar-refractivity contribution < 1.29 is 23.9 Å². The second-order valence-electron chi connectivity index (χ2n) is 2.33. The van der Waals surface area contributed by atoms with Crippen LogP contribution >= 0.6 is 0 Å². The third-order valence-electron chi connectivity index (χ3n) is 1.34. The van der Waals surface area contributed by atoms with Gasteiger partial charge in [-0.05, 0) is 0 Å². The summed E-state index contributed by atoms with van der Waals surface area (Å²) in [6, 6.07) is 0. The van der Waals surface area contributed by atoms with Crippen molar-refractivity contribution in [3.63, 3.8) is 0 Å². The SMILES string of the molecule is CCC(=O)C(OC(C)=O)C(=O)OC. The molecular formula is C8H12O5. The van der Waals surface area contributed by atoms with Gasteiger partial charge in [0.15, 0.2) is 5.78 Å². The summed E-state index contributed by atoms with van der Waals surface area (Å²) in [6.45, 7) is 2.70. The molecule has 1 atom stereocenters. The summed E-state index contributed by atoms with van der Waals surface area (Å²) >= 11 is 0. The topological polar surface area (TPSA) is 69.7 Å². The molecule has 0 saturated heterocycles. The smallest absolute Gasteiger partial charge is 0.355 e. The Kier molecular flexibility index (Phi) is 4.72. The van der Waals surface area contributed by atoms with E-state index in [0.717, 1.165) is 14.0 Å². The predicted molar refractivity (Wildman–Crippen MR) is 42.9 cm³/mol. The van der Waals surface area contributed by atoms with Crippen molar-refractivity contribution in [3.8, 4) is 0 Å². The van der Waals surface area contributed by atoms with E-state index >= 15 is 0 Å². The summed E-state index contributed by atoms with van der Waals surface area (Å²) in [5, 5.41) is 0. The Morgan fingerprint density at radius 1 is 1.31 bits per heavy atom. The monoisotopic (exact) mass is 188 g/mol. The lowest BCUT2D eigenvalue weighted by molar-refractivity contribution is -0.168. The number of esters is 2. The lowest BCUT2D eigenvalue weighted by Gasteiger charge is -2.11. The van der Waals surface area contributed by atoms with Gasteiger partial charge in [0.1, 0.15) is 0 Å². The molecule has 0 aliphatic rings. The fraction of sp³-hybridized carbons (Fsp3) is 0.625. The Balaban J connectivity index is 4.45. The van der Waals surface area contributed by atoms with Crippen LogP contribution in [0.5, 0.6) is 0 Å². The predicted octanol–water partition coefficient (Wildman–Crippen LogP) is 0.0702. The van der Waals surface area contributed by atoms with E-state index in [-0.39, 0.29) is 6.42 Å². The van der Waals surface area contributed by atoms with E-state index in [1.54, 1.807) is 6.92 Å². The number of hydrogen-bond acceptors (Lipinski definition) is 5. The highest BCUT2D eigenvalue weighted by Crippen LogP contribution is 2.00. The third kappa shape index (κ3) is 3.68. The average molecular weight is 188 g/mol. The van der Waals surface area contributed by atoms with Gasteiger partial charge in [-0.25, -0.2) is 4.79 Å². The number of methoxy groups -OCH3 is 1. The van der Waals surface area contributed by atoms with Crippen LogP contribution < -0.4 is 0 Å². The molecule has 74 valence electrons. The third-order valence-corrected chi connectivity index (χ3v) is 1.34. The quantitative estimate of drug-likeness (QED) is 0.461. The standard InChI is InChI=1S/C8H12O5/c1-4-6(10)7(8(11)12-3)13-5(2)9/h7H,4H2,1-3H3. The summed E-state index contributed by atoms with van der Waals surface area (Å²) < 4.78 is 8.79. The van der Waals surface area contributed by atoms with Crippen molar-refractivity contribution in [1.82, 2.24) is 0 Å². The second kappa shape index (κ2) is 5.29. The van der Waals surface area contributed by atoms with Crippen LogP contribution in [0.25, 0.3) is 0 Å². The van der Waals surface area contributed by atoms with Gasteiger partial charge >= 0.3 is 11.9 Å². The first kappa shape index (κ1) is 11.6. The van der Waals surface area contributed by atoms with Crippen molar-refractivity contribution in [2.75, 3.05) is 7.11 Å². The van der Waals surface area contributed by atoms with Crippen molar-refractivity contribution in [1.29, 1.82) is 0 Å². The van der Waals surface area contributed by atoms with Gasteiger partial charge in [-0.3, -0.25) is 9.59 Å². The van der Waals surface area contributed by atoms with Crippen molar-refractivity contribution in [3.05, 3.63) is 0 Å². The number of carbonyl (C=O) groups is 3. The minimum Gasteiger partial charge on any atom is -0.466 e. The first-order valence-electron chi connectivity index (χ1n) is 3.80. The Morgan fingerprint density at radius 2 is 1.85 bits per heavy atom. The number of Topliss-reactive ketones (excluding diaryl/α,β-unsaturated/α-hetero) is 1. The van der Waals surface area contributed by atoms with Crippen molar-refractivity contribution in [2.24, 2.45) is 0 Å². The highest BCUT2D eigenvalue weighted by molar-refractivity contribution is 6.03. The maximum absolute atomic E-state index is 11.1. The van der Waals surface area contributed by atoms with E-state index in [0.29, 0.717) is 0 Å². The first-order valence-corrected chi connectivity index (χ1v) is 3.80. The molecule has 1 unspecified atom stereocenters. The molecule has 0 aromatic heterocycles. The maximum Gasteiger partial charge on any atom is 0.355 e.